The molecule has 4 aliphatic rings. The zero-order valence-corrected chi connectivity index (χ0v) is 49.5. The monoisotopic (exact) mass is 1200 g/mol. The molecule has 9 rings (SSSR count). The van der Waals surface area contributed by atoms with Crippen LogP contribution in [0.5, 0.6) is 5.75 Å². The van der Waals surface area contributed by atoms with E-state index in [0.29, 0.717) is 92.3 Å². The zero-order valence-electron chi connectivity index (χ0n) is 49.5. The van der Waals surface area contributed by atoms with Gasteiger partial charge in [0.25, 0.3) is 5.56 Å². The van der Waals surface area contributed by atoms with E-state index in [0.717, 1.165) is 61.5 Å². The van der Waals surface area contributed by atoms with Crippen LogP contribution in [0.2, 0.25) is 0 Å². The number of nitrogens with zero attached hydrogens (tertiary/aromatic N) is 6. The number of imide groups is 1. The van der Waals surface area contributed by atoms with E-state index in [4.69, 9.17) is 28.7 Å². The van der Waals surface area contributed by atoms with Crippen LogP contribution in [-0.4, -0.2) is 115 Å². The second-order valence-electron chi connectivity index (χ2n) is 23.2. The molecule has 1 saturated heterocycles. The fraction of sp³-hybridized carbons (Fsp3) is 0.538. The number of Topliss-reactive ketones (excluding diaryl/α,β-unsaturated/α-hetero) is 3. The van der Waals surface area contributed by atoms with Crippen molar-refractivity contribution < 1.29 is 67.1 Å². The predicted molar refractivity (Wildman–Crippen MR) is 319 cm³/mol. The Morgan fingerprint density at radius 3 is 2.38 bits per heavy atom. The molecule has 1 aliphatic carbocycles. The lowest BCUT2D eigenvalue weighted by Gasteiger charge is -2.35. The number of aryl methyl sites for hydroxylation is 2. The predicted octanol–water partition coefficient (Wildman–Crippen LogP) is 8.82. The number of benzene rings is 2. The van der Waals surface area contributed by atoms with E-state index in [1.165, 1.54) is 4.90 Å². The number of hydrogen-bond donors (Lipinski definition) is 2. The minimum atomic E-state index is -1.99. The number of unbranched alkanes of at least 4 members (excludes halogenated alkanes) is 2. The number of amides is 3. The Labute approximate surface area is 506 Å². The number of phenols is 1. The molecule has 22 nitrogen and oxygen atoms in total. The van der Waals surface area contributed by atoms with E-state index >= 15 is 0 Å². The van der Waals surface area contributed by atoms with Crippen LogP contribution in [0.15, 0.2) is 59.5 Å². The molecule has 0 bridgehead atoms. The number of fused-ring (bicyclic) bond motifs is 5. The van der Waals surface area contributed by atoms with E-state index in [9.17, 15) is 48.3 Å². The Balaban J connectivity index is 0.00000982. The maximum Gasteiger partial charge on any atom is 0.510 e. The number of aromatic hydroxyl groups is 1. The van der Waals surface area contributed by atoms with Crippen molar-refractivity contribution >= 4 is 63.8 Å². The lowest BCUT2D eigenvalue weighted by atomic mass is 9.79. The molecule has 3 amide bonds. The molecule has 6 heterocycles. The number of ketones is 3. The summed E-state index contributed by atoms with van der Waals surface area (Å²) in [5.74, 6) is -2.24. The van der Waals surface area contributed by atoms with Gasteiger partial charge in [0.05, 0.1) is 47.9 Å². The van der Waals surface area contributed by atoms with Crippen LogP contribution in [0.3, 0.4) is 0 Å². The average Bonchev–Trinajstić information content (AvgIpc) is 1.79. The summed E-state index contributed by atoms with van der Waals surface area (Å²) in [4.78, 5) is 124. The maximum atomic E-state index is 14.1. The van der Waals surface area contributed by atoms with Crippen molar-refractivity contribution in [3.8, 4) is 17.1 Å². The van der Waals surface area contributed by atoms with Crippen molar-refractivity contribution in [1.82, 2.24) is 29.4 Å². The van der Waals surface area contributed by atoms with Crippen LogP contribution in [0.4, 0.5) is 10.5 Å². The van der Waals surface area contributed by atoms with Gasteiger partial charge in [-0.25, -0.2) is 19.3 Å². The van der Waals surface area contributed by atoms with E-state index in [2.05, 4.69) is 15.6 Å². The molecular weight excluding hydrogens is 1120 g/mol. The minimum absolute atomic E-state index is 0. The van der Waals surface area contributed by atoms with Gasteiger partial charge in [-0.2, -0.15) is 0 Å². The molecule has 2 aromatic carbocycles. The lowest BCUT2D eigenvalue weighted by molar-refractivity contribution is -0.175. The standard InChI is InChI=1S/C64H77N7O15.CH4/c1-5-8-9-11-43(29-48(74)37-83-36-47(73)12-10-26-82-27-25-69-33-45(67-68-69)21-24-56(75)42-17-13-40(14-18-42)32-71-57(76)28-39(4)60(71)78)59(77)65-44-19-15-41(16-20-44)35-85-63(81)86-64(7-3)53-31-55-58-51(34-70(55)61(79)52(53)38-84-62(64)80)49(6-2)50-30-46(72)22-23-54(50)66-58;/h15-16,19-20,22-23,30-31,33,39-40,42-43,72H,5-14,17-18,21,24-29,32,34-38H2,1-4H3,(H,65,77);1H4. The Bertz CT molecular complexity index is 3420. The topological polar surface area (TPSA) is 284 Å². The van der Waals surface area contributed by atoms with Gasteiger partial charge in [-0.3, -0.25) is 38.5 Å². The summed E-state index contributed by atoms with van der Waals surface area (Å²) in [7, 11) is 0. The van der Waals surface area contributed by atoms with Gasteiger partial charge in [-0.05, 0) is 105 Å². The van der Waals surface area contributed by atoms with E-state index in [1.54, 1.807) is 77.8 Å². The summed E-state index contributed by atoms with van der Waals surface area (Å²) in [5, 5.41) is 22.3. The van der Waals surface area contributed by atoms with Gasteiger partial charge in [0, 0.05) is 91.4 Å². The Hall–Kier alpha value is -7.98. The number of ether oxygens (including phenoxy) is 5. The first-order valence-electron chi connectivity index (χ1n) is 30.3. The number of hydrogen-bond acceptors (Lipinski definition) is 18. The van der Waals surface area contributed by atoms with Crippen molar-refractivity contribution in [3.63, 3.8) is 0 Å². The second-order valence-corrected chi connectivity index (χ2v) is 23.2. The third-order valence-corrected chi connectivity index (χ3v) is 17.1. The van der Waals surface area contributed by atoms with Gasteiger partial charge in [0.1, 0.15) is 38.0 Å². The minimum Gasteiger partial charge on any atom is -0.508 e. The molecule has 3 aromatic heterocycles. The van der Waals surface area contributed by atoms with Crippen molar-refractivity contribution in [3.05, 3.63) is 98.6 Å². The summed E-state index contributed by atoms with van der Waals surface area (Å²) in [6.45, 7) is 8.14. The number of pyridine rings is 2. The number of anilines is 1. The van der Waals surface area contributed by atoms with Crippen LogP contribution < -0.4 is 10.9 Å². The van der Waals surface area contributed by atoms with Crippen LogP contribution >= 0.6 is 0 Å². The van der Waals surface area contributed by atoms with Gasteiger partial charge in [-0.15, -0.1) is 5.10 Å². The molecule has 3 aliphatic heterocycles. The van der Waals surface area contributed by atoms with E-state index in [-0.39, 0.29) is 136 Å². The van der Waals surface area contributed by atoms with Crippen molar-refractivity contribution in [2.24, 2.45) is 23.7 Å². The van der Waals surface area contributed by atoms with Gasteiger partial charge >= 0.3 is 12.1 Å². The molecule has 0 radical (unpaired) electrons. The molecule has 0 spiro atoms. The van der Waals surface area contributed by atoms with Crippen LogP contribution in [0.1, 0.15) is 159 Å². The number of aromatic nitrogens is 5. The molecule has 3 atom stereocenters. The summed E-state index contributed by atoms with van der Waals surface area (Å²) in [6, 6.07) is 13.1. The summed E-state index contributed by atoms with van der Waals surface area (Å²) >= 11 is 0. The van der Waals surface area contributed by atoms with Gasteiger partial charge < -0.3 is 38.7 Å². The number of phenolic OH excluding ortho intramolecular Hbond substituents is 1. The van der Waals surface area contributed by atoms with Gasteiger partial charge in [0.15, 0.2) is 11.6 Å². The van der Waals surface area contributed by atoms with Crippen LogP contribution in [0.25, 0.3) is 22.3 Å². The molecule has 1 saturated carbocycles. The molecule has 5 aromatic rings. The zero-order chi connectivity index (χ0) is 61.1. The highest BCUT2D eigenvalue weighted by atomic mass is 16.7. The Morgan fingerprint density at radius 2 is 1.66 bits per heavy atom. The molecular formula is C65H81N7O15. The number of carbonyl (C=O) groups is 8. The van der Waals surface area contributed by atoms with Crippen molar-refractivity contribution in [2.45, 2.75) is 170 Å². The number of carbonyl (C=O) groups excluding carboxylic acids is 8. The van der Waals surface area contributed by atoms with Crippen LogP contribution in [0, 0.1) is 23.7 Å². The van der Waals surface area contributed by atoms with Gasteiger partial charge in [-0.1, -0.05) is 71.7 Å². The van der Waals surface area contributed by atoms with E-state index in [1.807, 2.05) is 13.8 Å². The summed E-state index contributed by atoms with van der Waals surface area (Å²) in [6.07, 6.45) is 9.05. The fourth-order valence-corrected chi connectivity index (χ4v) is 12.2. The maximum absolute atomic E-state index is 14.1. The number of likely N-dealkylation sites (tertiary alicyclic amines) is 1. The van der Waals surface area contributed by atoms with Crippen molar-refractivity contribution in [1.29, 1.82) is 0 Å². The molecule has 2 fully saturated rings. The lowest BCUT2D eigenvalue weighted by Crippen LogP contribution is -2.47. The normalized spacial score (nSPS) is 19.0. The number of esters is 1. The molecule has 22 heteroatoms. The second kappa shape index (κ2) is 29.6. The highest BCUT2D eigenvalue weighted by molar-refractivity contribution is 6.03. The first-order chi connectivity index (χ1) is 41.5. The summed E-state index contributed by atoms with van der Waals surface area (Å²) < 4.78 is 31.3. The third kappa shape index (κ3) is 15.4. The third-order valence-electron chi connectivity index (χ3n) is 17.1. The molecule has 466 valence electrons. The number of nitrogens with one attached hydrogen (secondary N) is 1. The molecule has 3 unspecified atom stereocenters. The van der Waals surface area contributed by atoms with E-state index < -0.39 is 29.2 Å². The van der Waals surface area contributed by atoms with Crippen LogP contribution in [-0.2, 0) is 102 Å². The quantitative estimate of drug-likeness (QED) is 0.0242. The highest BCUT2D eigenvalue weighted by Crippen LogP contribution is 2.43. The highest BCUT2D eigenvalue weighted by Gasteiger charge is 2.51. The molecule has 2 N–H and O–H groups in total. The van der Waals surface area contributed by atoms with Gasteiger partial charge in [0.2, 0.25) is 23.3 Å². The summed E-state index contributed by atoms with van der Waals surface area (Å²) in [5.41, 5.74) is 3.10. The largest absolute Gasteiger partial charge is 0.510 e. The Morgan fingerprint density at radius 1 is 0.885 bits per heavy atom. The molecule has 87 heavy (non-hydrogen) atoms. The fourth-order valence-electron chi connectivity index (χ4n) is 12.2. The smallest absolute Gasteiger partial charge is 0.508 e. The first kappa shape index (κ1) is 65.0. The first-order valence-corrected chi connectivity index (χ1v) is 30.3. The number of rotatable bonds is 30. The average molecular weight is 1200 g/mol. The SMILES string of the molecule is C.CCCCCC(CC(=O)COCC(=O)CCCOCCn1cc(CCC(=O)C2CCC(CN3C(=O)CC(C)C3=O)CC2)nn1)C(=O)Nc1ccc(COC(=O)OC2(CC)C(=O)OCc3c2cc2n(c3=O)Cc3c-2nc2ccc(O)cc2c3CC)cc1. The number of cyclic esters (lactones) is 1. The Kier molecular flexibility index (Phi) is 22.1. The van der Waals surface area contributed by atoms with Crippen molar-refractivity contribution in [2.75, 3.05) is 38.3 Å².